The number of unbranched alkanes of at least 4 members (excludes halogenated alkanes) is 2. The fourth-order valence-corrected chi connectivity index (χ4v) is 4.90. The van der Waals surface area contributed by atoms with E-state index in [2.05, 4.69) is 26.1 Å². The van der Waals surface area contributed by atoms with Gasteiger partial charge < -0.3 is 24.3 Å². The largest absolute Gasteiger partial charge is 0.493 e. The Morgan fingerprint density at radius 3 is 2.26 bits per heavy atom. The molecule has 0 unspecified atom stereocenters. The lowest BCUT2D eigenvalue weighted by atomic mass is 9.68. The van der Waals surface area contributed by atoms with E-state index in [1.54, 1.807) is 21.3 Å². The first kappa shape index (κ1) is 25.7. The van der Waals surface area contributed by atoms with E-state index < -0.39 is 11.9 Å². The summed E-state index contributed by atoms with van der Waals surface area (Å²) in [7, 11) is 4.64. The van der Waals surface area contributed by atoms with Gasteiger partial charge in [-0.1, -0.05) is 33.6 Å². The highest BCUT2D eigenvalue weighted by Gasteiger charge is 2.43. The first-order chi connectivity index (χ1) is 16.2. The topological polar surface area (TPSA) is 83.1 Å². The van der Waals surface area contributed by atoms with Crippen molar-refractivity contribution in [1.82, 2.24) is 5.32 Å². The number of Topliss-reactive ketones (excluding diaryl/α,β-unsaturated/α-hetero) is 1. The first-order valence-corrected chi connectivity index (χ1v) is 11.9. The zero-order valence-electron chi connectivity index (χ0n) is 21.4. The number of nitrogens with one attached hydrogen (secondary N) is 1. The molecule has 1 N–H and O–H groups in total. The number of ketones is 1. The summed E-state index contributed by atoms with van der Waals surface area (Å²) < 4.78 is 22.3. The van der Waals surface area contributed by atoms with Crippen molar-refractivity contribution in [2.24, 2.45) is 5.41 Å². The molecule has 0 fully saturated rings. The lowest BCUT2D eigenvalue weighted by Crippen LogP contribution is -2.38. The maximum atomic E-state index is 13.5. The molecule has 1 aromatic carbocycles. The number of esters is 1. The molecule has 0 spiro atoms. The molecule has 1 aliphatic heterocycles. The number of carbonyl (C=O) groups excluding carboxylic acids is 2. The van der Waals surface area contributed by atoms with Crippen LogP contribution in [0.4, 0.5) is 0 Å². The van der Waals surface area contributed by atoms with Crippen LogP contribution in [0.25, 0.3) is 0 Å². The molecule has 7 heteroatoms. The van der Waals surface area contributed by atoms with Crippen LogP contribution in [0.3, 0.4) is 0 Å². The Hall–Kier alpha value is -2.96. The molecule has 0 aromatic heterocycles. The molecule has 0 saturated heterocycles. The van der Waals surface area contributed by atoms with E-state index in [-0.39, 0.29) is 11.2 Å². The van der Waals surface area contributed by atoms with E-state index in [0.29, 0.717) is 53.5 Å². The number of allylic oxidation sites excluding steroid dienone is 3. The lowest BCUT2D eigenvalue weighted by molar-refractivity contribution is -0.139. The van der Waals surface area contributed by atoms with E-state index in [9.17, 15) is 9.59 Å². The normalized spacial score (nSPS) is 19.4. The fourth-order valence-electron chi connectivity index (χ4n) is 4.90. The van der Waals surface area contributed by atoms with Gasteiger partial charge in [0.15, 0.2) is 17.3 Å². The van der Waals surface area contributed by atoms with Gasteiger partial charge in [-0.3, -0.25) is 4.79 Å². The maximum absolute atomic E-state index is 13.5. The van der Waals surface area contributed by atoms with Gasteiger partial charge in [-0.25, -0.2) is 4.79 Å². The van der Waals surface area contributed by atoms with E-state index in [0.717, 1.165) is 30.5 Å². The number of hydrogen-bond donors (Lipinski definition) is 1. The Balaban J connectivity index is 2.16. The summed E-state index contributed by atoms with van der Waals surface area (Å²) in [5.74, 6) is 0.416. The lowest BCUT2D eigenvalue weighted by Gasteiger charge is -2.39. The fraction of sp³-hybridized carbons (Fsp3) is 0.556. The van der Waals surface area contributed by atoms with Gasteiger partial charge in [-0.2, -0.15) is 0 Å². The summed E-state index contributed by atoms with van der Waals surface area (Å²) >= 11 is 0. The van der Waals surface area contributed by atoms with Crippen LogP contribution in [0.1, 0.15) is 71.3 Å². The molecule has 1 heterocycles. The average Bonchev–Trinajstić information content (AvgIpc) is 2.78. The van der Waals surface area contributed by atoms with E-state index in [1.165, 1.54) is 0 Å². The number of dihydropyridines is 1. The standard InChI is InChI=1S/C27H37NO6/c1-8-9-10-11-34-26(30)22-16(2)28-18-14-27(3,4)15-19(29)24(18)23(22)17-12-20(31-5)25(33-7)21(13-17)32-6/h12-13,23,28H,8-11,14-15H2,1-7H3/t23-/m0/s1. The molecule has 186 valence electrons. The number of methoxy groups -OCH3 is 3. The average molecular weight is 472 g/mol. The van der Waals surface area contributed by atoms with Crippen molar-refractivity contribution in [2.45, 2.75) is 65.7 Å². The van der Waals surface area contributed by atoms with Crippen molar-refractivity contribution in [2.75, 3.05) is 27.9 Å². The van der Waals surface area contributed by atoms with Crippen molar-refractivity contribution in [1.29, 1.82) is 0 Å². The summed E-state index contributed by atoms with van der Waals surface area (Å²) in [5, 5.41) is 3.37. The molecule has 7 nitrogen and oxygen atoms in total. The Morgan fingerprint density at radius 2 is 1.71 bits per heavy atom. The predicted octanol–water partition coefficient (Wildman–Crippen LogP) is 5.05. The molecule has 3 rings (SSSR count). The molecule has 0 saturated carbocycles. The van der Waals surface area contributed by atoms with Crippen LogP contribution in [0.2, 0.25) is 0 Å². The maximum Gasteiger partial charge on any atom is 0.336 e. The molecular formula is C27H37NO6. The van der Waals surface area contributed by atoms with Crippen LogP contribution in [0, 0.1) is 5.41 Å². The third-order valence-electron chi connectivity index (χ3n) is 6.46. The van der Waals surface area contributed by atoms with E-state index in [1.807, 2.05) is 19.1 Å². The third kappa shape index (κ3) is 5.08. The van der Waals surface area contributed by atoms with Crippen LogP contribution in [0.15, 0.2) is 34.7 Å². The highest BCUT2D eigenvalue weighted by Crippen LogP contribution is 2.49. The summed E-state index contributed by atoms with van der Waals surface area (Å²) in [6, 6.07) is 3.62. The summed E-state index contributed by atoms with van der Waals surface area (Å²) in [6.45, 7) is 8.48. The van der Waals surface area contributed by atoms with Crippen LogP contribution in [-0.4, -0.2) is 39.7 Å². The molecular weight excluding hydrogens is 434 g/mol. The molecule has 1 aromatic rings. The van der Waals surface area contributed by atoms with Gasteiger partial charge in [0.05, 0.1) is 33.5 Å². The van der Waals surface area contributed by atoms with Gasteiger partial charge in [0.2, 0.25) is 5.75 Å². The van der Waals surface area contributed by atoms with Gasteiger partial charge in [-0.15, -0.1) is 0 Å². The van der Waals surface area contributed by atoms with Crippen LogP contribution in [-0.2, 0) is 14.3 Å². The second-order valence-corrected chi connectivity index (χ2v) is 9.73. The number of rotatable bonds is 9. The van der Waals surface area contributed by atoms with Crippen molar-refractivity contribution >= 4 is 11.8 Å². The van der Waals surface area contributed by atoms with Crippen molar-refractivity contribution < 1.29 is 28.5 Å². The zero-order valence-corrected chi connectivity index (χ0v) is 21.4. The minimum Gasteiger partial charge on any atom is -0.493 e. The molecule has 0 amide bonds. The Kier molecular flexibility index (Phi) is 7.95. The number of hydrogen-bond acceptors (Lipinski definition) is 7. The second-order valence-electron chi connectivity index (χ2n) is 9.73. The van der Waals surface area contributed by atoms with Gasteiger partial charge in [0.1, 0.15) is 0 Å². The van der Waals surface area contributed by atoms with Crippen molar-refractivity contribution in [3.05, 3.63) is 40.2 Å². The van der Waals surface area contributed by atoms with Crippen LogP contribution in [0.5, 0.6) is 17.2 Å². The monoisotopic (exact) mass is 471 g/mol. The van der Waals surface area contributed by atoms with Crippen LogP contribution >= 0.6 is 0 Å². The Morgan fingerprint density at radius 1 is 1.06 bits per heavy atom. The third-order valence-corrected chi connectivity index (χ3v) is 6.46. The summed E-state index contributed by atoms with van der Waals surface area (Å²) in [4.78, 5) is 26.8. The van der Waals surface area contributed by atoms with Crippen molar-refractivity contribution in [3.63, 3.8) is 0 Å². The van der Waals surface area contributed by atoms with Crippen LogP contribution < -0.4 is 19.5 Å². The predicted molar refractivity (Wildman–Crippen MR) is 130 cm³/mol. The smallest absolute Gasteiger partial charge is 0.336 e. The number of ether oxygens (including phenoxy) is 4. The van der Waals surface area contributed by atoms with Gasteiger partial charge in [0.25, 0.3) is 0 Å². The van der Waals surface area contributed by atoms with E-state index >= 15 is 0 Å². The number of benzene rings is 1. The molecule has 0 radical (unpaired) electrons. The molecule has 1 aliphatic carbocycles. The van der Waals surface area contributed by atoms with Crippen molar-refractivity contribution in [3.8, 4) is 17.2 Å². The summed E-state index contributed by atoms with van der Waals surface area (Å²) in [5.41, 5.74) is 3.17. The molecule has 1 atom stereocenters. The Labute approximate surface area is 202 Å². The molecule has 0 bridgehead atoms. The van der Waals surface area contributed by atoms with Gasteiger partial charge in [-0.05, 0) is 42.9 Å². The zero-order chi connectivity index (χ0) is 25.0. The molecule has 2 aliphatic rings. The minimum absolute atomic E-state index is 0.0290. The highest BCUT2D eigenvalue weighted by atomic mass is 16.5. The number of carbonyl (C=O) groups is 2. The van der Waals surface area contributed by atoms with E-state index in [4.69, 9.17) is 18.9 Å². The highest BCUT2D eigenvalue weighted by molar-refractivity contribution is 6.04. The quantitative estimate of drug-likeness (QED) is 0.399. The van der Waals surface area contributed by atoms with Gasteiger partial charge in [0, 0.05) is 29.3 Å². The Bertz CT molecular complexity index is 995. The molecule has 34 heavy (non-hydrogen) atoms. The second kappa shape index (κ2) is 10.5. The first-order valence-electron chi connectivity index (χ1n) is 11.9. The summed E-state index contributed by atoms with van der Waals surface area (Å²) in [6.07, 6.45) is 3.95. The SMILES string of the molecule is CCCCCOC(=O)C1=C(C)NC2=C(C(=O)CC(C)(C)C2)[C@H]1c1cc(OC)c(OC)c(OC)c1. The minimum atomic E-state index is -0.591. The van der Waals surface area contributed by atoms with Gasteiger partial charge >= 0.3 is 5.97 Å².